The summed E-state index contributed by atoms with van der Waals surface area (Å²) in [6.07, 6.45) is 33.2. The van der Waals surface area contributed by atoms with Crippen molar-refractivity contribution in [2.24, 2.45) is 0 Å². The van der Waals surface area contributed by atoms with E-state index in [1.165, 1.54) is 7.11 Å². The van der Waals surface area contributed by atoms with Gasteiger partial charge in [0, 0.05) is 13.0 Å². The molecule has 0 heterocycles. The first-order valence-corrected chi connectivity index (χ1v) is 10.9. The van der Waals surface area contributed by atoms with Crippen LogP contribution in [0.2, 0.25) is 0 Å². The van der Waals surface area contributed by atoms with Crippen molar-refractivity contribution in [3.63, 3.8) is 0 Å². The molecule has 166 valence electrons. The van der Waals surface area contributed by atoms with Crippen molar-refractivity contribution < 1.29 is 14.3 Å². The number of nitrogens with one attached hydrogen (secondary N) is 1. The zero-order valence-electron chi connectivity index (χ0n) is 18.7. The lowest BCUT2D eigenvalue weighted by molar-refractivity contribution is -0.140. The molecule has 0 aromatic rings. The van der Waals surface area contributed by atoms with Gasteiger partial charge in [0.1, 0.15) is 0 Å². The van der Waals surface area contributed by atoms with Gasteiger partial charge in [-0.25, -0.2) is 0 Å². The highest BCUT2D eigenvalue weighted by Crippen LogP contribution is 1.98. The van der Waals surface area contributed by atoms with Crippen molar-refractivity contribution in [3.05, 3.63) is 72.9 Å². The lowest BCUT2D eigenvalue weighted by Crippen LogP contribution is -2.25. The number of esters is 1. The van der Waals surface area contributed by atoms with Crippen LogP contribution in [0.3, 0.4) is 0 Å². The summed E-state index contributed by atoms with van der Waals surface area (Å²) in [5, 5.41) is 2.70. The van der Waals surface area contributed by atoms with Gasteiger partial charge in [-0.3, -0.25) is 9.59 Å². The monoisotopic (exact) mass is 413 g/mol. The molecule has 4 heteroatoms. The van der Waals surface area contributed by atoms with Gasteiger partial charge in [0.25, 0.3) is 0 Å². The van der Waals surface area contributed by atoms with E-state index in [0.717, 1.165) is 38.5 Å². The van der Waals surface area contributed by atoms with Crippen LogP contribution in [0.4, 0.5) is 0 Å². The van der Waals surface area contributed by atoms with Crippen molar-refractivity contribution in [1.29, 1.82) is 0 Å². The molecule has 0 radical (unpaired) electrons. The van der Waals surface area contributed by atoms with Crippen LogP contribution < -0.4 is 5.32 Å². The zero-order chi connectivity index (χ0) is 22.1. The van der Waals surface area contributed by atoms with Crippen LogP contribution >= 0.6 is 0 Å². The van der Waals surface area contributed by atoms with Crippen molar-refractivity contribution in [2.45, 2.75) is 64.7 Å². The van der Waals surface area contributed by atoms with E-state index in [2.05, 4.69) is 83.8 Å². The first kappa shape index (κ1) is 27.4. The number of hydrogen-bond acceptors (Lipinski definition) is 3. The van der Waals surface area contributed by atoms with Gasteiger partial charge in [0.15, 0.2) is 0 Å². The second-order valence-corrected chi connectivity index (χ2v) is 6.63. The fourth-order valence-electron chi connectivity index (χ4n) is 2.35. The lowest BCUT2D eigenvalue weighted by atomic mass is 10.2. The minimum absolute atomic E-state index is 0.0431. The molecule has 0 spiro atoms. The van der Waals surface area contributed by atoms with Gasteiger partial charge in [0.05, 0.1) is 13.5 Å². The highest BCUT2D eigenvalue weighted by atomic mass is 16.5. The topological polar surface area (TPSA) is 55.4 Å². The number of carbonyl (C=O) groups is 2. The molecule has 0 aliphatic heterocycles. The smallest absolute Gasteiger partial charge is 0.307 e. The summed E-state index contributed by atoms with van der Waals surface area (Å²) in [6.45, 7) is 2.48. The van der Waals surface area contributed by atoms with Crippen LogP contribution in [0, 0.1) is 0 Å². The van der Waals surface area contributed by atoms with Crippen LogP contribution in [-0.2, 0) is 14.3 Å². The highest BCUT2D eigenvalue weighted by molar-refractivity contribution is 5.77. The van der Waals surface area contributed by atoms with E-state index in [4.69, 9.17) is 0 Å². The summed E-state index contributed by atoms with van der Waals surface area (Å²) in [6, 6.07) is 0. The summed E-state index contributed by atoms with van der Waals surface area (Å²) in [4.78, 5) is 22.5. The number of hydrogen-bond donors (Lipinski definition) is 1. The van der Waals surface area contributed by atoms with E-state index in [1.54, 1.807) is 0 Å². The number of methoxy groups -OCH3 is 1. The number of amides is 1. The van der Waals surface area contributed by atoms with E-state index >= 15 is 0 Å². The third-order valence-corrected chi connectivity index (χ3v) is 4.01. The van der Waals surface area contributed by atoms with E-state index < -0.39 is 0 Å². The molecular formula is C26H39NO3. The summed E-state index contributed by atoms with van der Waals surface area (Å²) in [5.41, 5.74) is 0. The first-order chi connectivity index (χ1) is 14.7. The maximum absolute atomic E-state index is 11.6. The van der Waals surface area contributed by atoms with Crippen LogP contribution in [0.1, 0.15) is 64.7 Å². The molecule has 30 heavy (non-hydrogen) atoms. The normalized spacial score (nSPS) is 12.5. The Bertz CT molecular complexity index is 610. The molecule has 0 atom stereocenters. The van der Waals surface area contributed by atoms with Gasteiger partial charge < -0.3 is 10.1 Å². The molecule has 4 nitrogen and oxygen atoms in total. The zero-order valence-corrected chi connectivity index (χ0v) is 18.7. The molecular weight excluding hydrogens is 374 g/mol. The largest absolute Gasteiger partial charge is 0.469 e. The summed E-state index contributed by atoms with van der Waals surface area (Å²) in [5.74, 6) is -0.356. The summed E-state index contributed by atoms with van der Waals surface area (Å²) in [7, 11) is 1.34. The molecule has 0 aromatic carbocycles. The quantitative estimate of drug-likeness (QED) is 0.230. The molecule has 1 amide bonds. The van der Waals surface area contributed by atoms with Gasteiger partial charge in [0.2, 0.25) is 5.91 Å². The predicted molar refractivity (Wildman–Crippen MR) is 127 cm³/mol. The Kier molecular flexibility index (Phi) is 20.7. The van der Waals surface area contributed by atoms with E-state index in [-0.39, 0.29) is 18.3 Å². The second-order valence-electron chi connectivity index (χ2n) is 6.63. The fourth-order valence-corrected chi connectivity index (χ4v) is 2.35. The van der Waals surface area contributed by atoms with Gasteiger partial charge in [-0.2, -0.15) is 0 Å². The molecule has 0 aliphatic rings. The van der Waals surface area contributed by atoms with Gasteiger partial charge in [-0.15, -0.1) is 0 Å². The van der Waals surface area contributed by atoms with E-state index in [9.17, 15) is 9.59 Å². The minimum atomic E-state index is -0.313. The van der Waals surface area contributed by atoms with Gasteiger partial charge in [-0.1, -0.05) is 79.8 Å². The van der Waals surface area contributed by atoms with Crippen molar-refractivity contribution in [2.75, 3.05) is 13.7 Å². The number of carbonyl (C=O) groups excluding carboxylic acids is 2. The first-order valence-electron chi connectivity index (χ1n) is 10.9. The minimum Gasteiger partial charge on any atom is -0.469 e. The van der Waals surface area contributed by atoms with Crippen LogP contribution in [0.5, 0.6) is 0 Å². The van der Waals surface area contributed by atoms with Crippen molar-refractivity contribution in [3.8, 4) is 0 Å². The predicted octanol–water partition coefficient (Wildman–Crippen LogP) is 6.14. The maximum Gasteiger partial charge on any atom is 0.307 e. The molecule has 0 saturated carbocycles. The second kappa shape index (κ2) is 22.7. The molecule has 0 fully saturated rings. The van der Waals surface area contributed by atoms with Crippen LogP contribution in [0.25, 0.3) is 0 Å². The standard InChI is InChI=1S/C26H39NO3/c1-3-4-5-6-7-8-9-10-11-12-13-14-15-16-17-18-19-20-21-22-25(28)27-24-23-26(29)30-2/h4-5,7-8,10-11,13-14,16-17,19-20H,3,6,9,12,15,18,21-24H2,1-2H3,(H,27,28)/b5-4-,8-7-,11-10-,14-13-,17-16-,20-19-. The number of rotatable bonds is 17. The van der Waals surface area contributed by atoms with Crippen molar-refractivity contribution in [1.82, 2.24) is 5.32 Å². The number of allylic oxidation sites excluding steroid dienone is 12. The number of ether oxygens (including phenoxy) is 1. The van der Waals surface area contributed by atoms with Crippen LogP contribution in [-0.4, -0.2) is 25.5 Å². The lowest BCUT2D eigenvalue weighted by Gasteiger charge is -2.02. The third kappa shape index (κ3) is 21.7. The SMILES string of the molecule is CC/C=C\C/C=C\C/C=C\C/C=C\C/C=C\C/C=C\CCC(=O)NCCC(=O)OC. The van der Waals surface area contributed by atoms with Crippen molar-refractivity contribution >= 4 is 11.9 Å². The molecule has 0 rings (SSSR count). The highest BCUT2D eigenvalue weighted by Gasteiger charge is 2.02. The average Bonchev–Trinajstić information content (AvgIpc) is 2.75. The Balaban J connectivity index is 3.58. The Hall–Kier alpha value is -2.62. The van der Waals surface area contributed by atoms with E-state index in [0.29, 0.717) is 19.4 Å². The summed E-state index contributed by atoms with van der Waals surface area (Å²) < 4.78 is 4.52. The third-order valence-electron chi connectivity index (χ3n) is 4.01. The Morgan fingerprint density at radius 1 is 0.667 bits per heavy atom. The molecule has 0 bridgehead atoms. The molecule has 0 aliphatic carbocycles. The summed E-state index contributed by atoms with van der Waals surface area (Å²) >= 11 is 0. The average molecular weight is 414 g/mol. The Morgan fingerprint density at radius 3 is 1.53 bits per heavy atom. The Labute approximate surface area is 183 Å². The van der Waals surface area contributed by atoms with Crippen LogP contribution in [0.15, 0.2) is 72.9 Å². The molecule has 0 saturated heterocycles. The molecule has 0 unspecified atom stereocenters. The molecule has 1 N–H and O–H groups in total. The molecule has 0 aromatic heterocycles. The van der Waals surface area contributed by atoms with Gasteiger partial charge >= 0.3 is 5.97 Å². The van der Waals surface area contributed by atoms with E-state index in [1.807, 2.05) is 6.08 Å². The Morgan fingerprint density at radius 2 is 1.10 bits per heavy atom. The van der Waals surface area contributed by atoms with Gasteiger partial charge in [-0.05, 0) is 44.9 Å². The maximum atomic E-state index is 11.6. The fraction of sp³-hybridized carbons (Fsp3) is 0.462.